The zero-order chi connectivity index (χ0) is 17.9. The molecular weight excluding hydrogens is 359 g/mol. The first-order valence-electron chi connectivity index (χ1n) is 8.14. The summed E-state index contributed by atoms with van der Waals surface area (Å²) in [7, 11) is 1.53. The van der Waals surface area contributed by atoms with Gasteiger partial charge in [-0.05, 0) is 48.7 Å². The molecule has 1 aliphatic rings. The Morgan fingerprint density at radius 1 is 1.23 bits per heavy atom. The number of nitrogens with one attached hydrogen (secondary N) is 1. The quantitative estimate of drug-likeness (QED) is 0.796. The number of carbonyl (C=O) groups excluding carboxylic acids is 1. The van der Waals surface area contributed by atoms with Gasteiger partial charge in [0.05, 0.1) is 18.2 Å². The summed E-state index contributed by atoms with van der Waals surface area (Å²) in [5, 5.41) is 2.91. The maximum absolute atomic E-state index is 13.7. The van der Waals surface area contributed by atoms with E-state index in [1.165, 1.54) is 19.2 Å². The van der Waals surface area contributed by atoms with Crippen molar-refractivity contribution >= 4 is 29.7 Å². The fraction of sp³-hybridized carbons (Fsp3) is 0.316. The van der Waals surface area contributed by atoms with Crippen LogP contribution in [0.25, 0.3) is 0 Å². The molecule has 1 saturated heterocycles. The minimum absolute atomic E-state index is 0. The van der Waals surface area contributed by atoms with Crippen LogP contribution in [-0.4, -0.2) is 26.2 Å². The number of ether oxygens (including phenoxy) is 2. The third-order valence-electron chi connectivity index (χ3n) is 4.65. The van der Waals surface area contributed by atoms with Crippen LogP contribution in [-0.2, 0) is 14.9 Å². The smallest absolute Gasteiger partial charge is 0.235 e. The monoisotopic (exact) mass is 380 g/mol. The zero-order valence-electron chi connectivity index (χ0n) is 14.5. The van der Waals surface area contributed by atoms with Crippen molar-refractivity contribution in [1.82, 2.24) is 0 Å². The molecule has 0 radical (unpaired) electrons. The number of methoxy groups -OCH3 is 1. The summed E-state index contributed by atoms with van der Waals surface area (Å²) < 4.78 is 24.3. The van der Waals surface area contributed by atoms with Gasteiger partial charge in [0.25, 0.3) is 0 Å². The fourth-order valence-electron chi connectivity index (χ4n) is 3.22. The highest BCUT2D eigenvalue weighted by atomic mass is 35.5. The van der Waals surface area contributed by atoms with Crippen molar-refractivity contribution in [1.29, 1.82) is 0 Å². The van der Waals surface area contributed by atoms with E-state index in [2.05, 4.69) is 5.32 Å². The Morgan fingerprint density at radius 3 is 2.58 bits per heavy atom. The molecule has 2 aromatic rings. The van der Waals surface area contributed by atoms with Crippen molar-refractivity contribution in [3.63, 3.8) is 0 Å². The van der Waals surface area contributed by atoms with Gasteiger partial charge in [0.2, 0.25) is 5.91 Å². The Labute approximate surface area is 158 Å². The predicted molar refractivity (Wildman–Crippen MR) is 101 cm³/mol. The van der Waals surface area contributed by atoms with Gasteiger partial charge in [-0.25, -0.2) is 4.39 Å². The van der Waals surface area contributed by atoms with Gasteiger partial charge in [-0.3, -0.25) is 4.79 Å². The molecular formula is C19H22ClFN2O3. The second kappa shape index (κ2) is 8.38. The van der Waals surface area contributed by atoms with Crippen LogP contribution in [0.3, 0.4) is 0 Å². The maximum Gasteiger partial charge on any atom is 0.235 e. The number of hydrogen-bond acceptors (Lipinski definition) is 4. The average molecular weight is 381 g/mol. The van der Waals surface area contributed by atoms with E-state index in [1.54, 1.807) is 30.3 Å². The lowest BCUT2D eigenvalue weighted by Crippen LogP contribution is -2.44. The van der Waals surface area contributed by atoms with Gasteiger partial charge >= 0.3 is 0 Å². The summed E-state index contributed by atoms with van der Waals surface area (Å²) in [6.07, 6.45) is 0.988. The molecule has 0 spiro atoms. The normalized spacial score (nSPS) is 15.6. The van der Waals surface area contributed by atoms with E-state index in [9.17, 15) is 9.18 Å². The Morgan fingerprint density at radius 2 is 1.96 bits per heavy atom. The summed E-state index contributed by atoms with van der Waals surface area (Å²) in [5.74, 6) is -0.000246. The summed E-state index contributed by atoms with van der Waals surface area (Å²) in [6.45, 7) is 0.906. The van der Waals surface area contributed by atoms with Crippen molar-refractivity contribution in [2.45, 2.75) is 18.3 Å². The molecule has 140 valence electrons. The first-order valence-corrected chi connectivity index (χ1v) is 8.14. The number of hydrogen-bond donors (Lipinski definition) is 2. The molecule has 3 rings (SSSR count). The first-order chi connectivity index (χ1) is 12.0. The molecule has 0 aliphatic carbocycles. The van der Waals surface area contributed by atoms with Crippen molar-refractivity contribution in [2.24, 2.45) is 0 Å². The van der Waals surface area contributed by atoms with E-state index < -0.39 is 5.41 Å². The molecule has 1 aliphatic heterocycles. The number of anilines is 2. The van der Waals surface area contributed by atoms with Crippen LogP contribution in [0.5, 0.6) is 5.75 Å². The second-order valence-electron chi connectivity index (χ2n) is 6.12. The number of nitrogens with two attached hydrogens (primary N) is 1. The van der Waals surface area contributed by atoms with Crippen LogP contribution in [0.2, 0.25) is 0 Å². The number of benzene rings is 2. The van der Waals surface area contributed by atoms with E-state index in [0.29, 0.717) is 48.7 Å². The van der Waals surface area contributed by atoms with Crippen LogP contribution < -0.4 is 15.8 Å². The van der Waals surface area contributed by atoms with Crippen LogP contribution >= 0.6 is 12.4 Å². The van der Waals surface area contributed by atoms with Gasteiger partial charge in [0.15, 0.2) is 0 Å². The summed E-state index contributed by atoms with van der Waals surface area (Å²) >= 11 is 0. The van der Waals surface area contributed by atoms with Gasteiger partial charge in [0, 0.05) is 18.9 Å². The van der Waals surface area contributed by atoms with Gasteiger partial charge < -0.3 is 20.5 Å². The van der Waals surface area contributed by atoms with E-state index in [-0.39, 0.29) is 24.1 Å². The maximum atomic E-state index is 13.7. The van der Waals surface area contributed by atoms with E-state index >= 15 is 0 Å². The van der Waals surface area contributed by atoms with Crippen molar-refractivity contribution in [3.05, 3.63) is 53.8 Å². The lowest BCUT2D eigenvalue weighted by atomic mass is 9.73. The third-order valence-corrected chi connectivity index (χ3v) is 4.65. The lowest BCUT2D eigenvalue weighted by Gasteiger charge is -2.36. The molecule has 1 fully saturated rings. The highest BCUT2D eigenvalue weighted by Gasteiger charge is 2.42. The molecule has 5 nitrogen and oxygen atoms in total. The number of nitrogen functional groups attached to an aromatic ring is 1. The number of rotatable bonds is 4. The number of carbonyl (C=O) groups is 1. The van der Waals surface area contributed by atoms with Crippen LogP contribution in [0.4, 0.5) is 15.8 Å². The average Bonchev–Trinajstić information content (AvgIpc) is 2.62. The Hall–Kier alpha value is -2.31. The third kappa shape index (κ3) is 3.92. The minimum Gasteiger partial charge on any atom is -0.495 e. The molecule has 26 heavy (non-hydrogen) atoms. The molecule has 0 unspecified atom stereocenters. The van der Waals surface area contributed by atoms with Crippen molar-refractivity contribution < 1.29 is 18.7 Å². The SMILES string of the molecule is COc1ccc(NC(=O)C2(c3cccc(F)c3)CCOCC2)cc1N.Cl. The van der Waals surface area contributed by atoms with Gasteiger partial charge in [0.1, 0.15) is 11.6 Å². The highest BCUT2D eigenvalue weighted by Crippen LogP contribution is 2.37. The van der Waals surface area contributed by atoms with Crippen LogP contribution in [0, 0.1) is 5.82 Å². The number of amides is 1. The predicted octanol–water partition coefficient (Wildman–Crippen LogP) is 3.53. The summed E-state index contributed by atoms with van der Waals surface area (Å²) in [6, 6.07) is 11.3. The highest BCUT2D eigenvalue weighted by molar-refractivity contribution is 5.99. The molecule has 0 atom stereocenters. The zero-order valence-corrected chi connectivity index (χ0v) is 15.3. The van der Waals surface area contributed by atoms with Crippen molar-refractivity contribution in [3.8, 4) is 5.75 Å². The van der Waals surface area contributed by atoms with Gasteiger partial charge in [-0.2, -0.15) is 0 Å². The second-order valence-corrected chi connectivity index (χ2v) is 6.12. The van der Waals surface area contributed by atoms with Gasteiger partial charge in [-0.1, -0.05) is 12.1 Å². The summed E-state index contributed by atoms with van der Waals surface area (Å²) in [4.78, 5) is 13.1. The molecule has 2 aromatic carbocycles. The minimum atomic E-state index is -0.824. The molecule has 0 aromatic heterocycles. The Bertz CT molecular complexity index is 779. The lowest BCUT2D eigenvalue weighted by molar-refractivity contribution is -0.125. The van der Waals surface area contributed by atoms with Crippen molar-refractivity contribution in [2.75, 3.05) is 31.4 Å². The largest absolute Gasteiger partial charge is 0.495 e. The van der Waals surface area contributed by atoms with E-state index in [1.807, 2.05) is 0 Å². The summed E-state index contributed by atoms with van der Waals surface area (Å²) in [5.41, 5.74) is 6.75. The first kappa shape index (κ1) is 20.0. The Kier molecular flexibility index (Phi) is 6.45. The molecule has 1 amide bonds. The molecule has 1 heterocycles. The number of halogens is 2. The van der Waals surface area contributed by atoms with Crippen LogP contribution in [0.15, 0.2) is 42.5 Å². The molecule has 0 bridgehead atoms. The van der Waals surface area contributed by atoms with E-state index in [0.717, 1.165) is 0 Å². The fourth-order valence-corrected chi connectivity index (χ4v) is 3.22. The topological polar surface area (TPSA) is 73.6 Å². The standard InChI is InChI=1S/C19H21FN2O3.ClH/c1-24-17-6-5-15(12-16(17)21)22-18(23)19(7-9-25-10-8-19)13-3-2-4-14(20)11-13;/h2-6,11-12H,7-10,21H2,1H3,(H,22,23);1H. The van der Waals surface area contributed by atoms with Gasteiger partial charge in [-0.15, -0.1) is 12.4 Å². The molecule has 7 heteroatoms. The Balaban J connectivity index is 0.00000243. The molecule has 0 saturated carbocycles. The van der Waals surface area contributed by atoms with E-state index in [4.69, 9.17) is 15.2 Å². The van der Waals surface area contributed by atoms with Crippen LogP contribution in [0.1, 0.15) is 18.4 Å². The molecule has 3 N–H and O–H groups in total.